The lowest BCUT2D eigenvalue weighted by Crippen LogP contribution is -2.25. The zero-order valence-corrected chi connectivity index (χ0v) is 14.8. The Bertz CT molecular complexity index is 395. The van der Waals surface area contributed by atoms with Gasteiger partial charge in [0, 0.05) is 6.04 Å². The Morgan fingerprint density at radius 2 is 2.05 bits per heavy atom. The molecule has 2 nitrogen and oxygen atoms in total. The molecule has 114 valence electrons. The Hall–Kier alpha value is -0.540. The molecule has 0 aromatic heterocycles. The van der Waals surface area contributed by atoms with E-state index < -0.39 is 0 Å². The Labute approximate surface area is 132 Å². The van der Waals surface area contributed by atoms with Crippen LogP contribution in [0.4, 0.5) is 0 Å². The van der Waals surface area contributed by atoms with Crippen LogP contribution in [-0.2, 0) is 0 Å². The lowest BCUT2D eigenvalue weighted by atomic mass is 9.98. The van der Waals surface area contributed by atoms with Crippen LogP contribution in [0.3, 0.4) is 0 Å². The lowest BCUT2D eigenvalue weighted by molar-refractivity contribution is 0.397. The second-order valence-electron chi connectivity index (χ2n) is 5.44. The van der Waals surface area contributed by atoms with Gasteiger partial charge in [-0.1, -0.05) is 39.2 Å². The Morgan fingerprint density at radius 3 is 2.60 bits per heavy atom. The minimum absolute atomic E-state index is 0.368. The first-order valence-electron chi connectivity index (χ1n) is 7.69. The normalized spacial score (nSPS) is 14.1. The number of methoxy groups -OCH3 is 1. The van der Waals surface area contributed by atoms with Crippen LogP contribution < -0.4 is 10.1 Å². The van der Waals surface area contributed by atoms with Gasteiger partial charge in [0.05, 0.1) is 11.6 Å². The third kappa shape index (κ3) is 5.45. The van der Waals surface area contributed by atoms with E-state index in [2.05, 4.69) is 54.2 Å². The van der Waals surface area contributed by atoms with Crippen LogP contribution >= 0.6 is 15.9 Å². The lowest BCUT2D eigenvalue weighted by Gasteiger charge is -2.20. The van der Waals surface area contributed by atoms with Gasteiger partial charge in [-0.15, -0.1) is 0 Å². The quantitative estimate of drug-likeness (QED) is 0.655. The monoisotopic (exact) mass is 341 g/mol. The number of benzene rings is 1. The smallest absolute Gasteiger partial charge is 0.133 e. The maximum absolute atomic E-state index is 5.27. The van der Waals surface area contributed by atoms with Crippen molar-refractivity contribution in [1.82, 2.24) is 5.32 Å². The first-order chi connectivity index (χ1) is 9.62. The third-order valence-corrected chi connectivity index (χ3v) is 4.55. The third-order valence-electron chi connectivity index (χ3n) is 3.93. The van der Waals surface area contributed by atoms with Crippen molar-refractivity contribution < 1.29 is 4.74 Å². The number of nitrogens with one attached hydrogen (secondary N) is 1. The molecule has 0 aliphatic carbocycles. The molecule has 1 aromatic carbocycles. The molecule has 20 heavy (non-hydrogen) atoms. The van der Waals surface area contributed by atoms with Gasteiger partial charge in [-0.25, -0.2) is 0 Å². The number of halogens is 1. The molecule has 2 unspecified atom stereocenters. The zero-order valence-electron chi connectivity index (χ0n) is 13.2. The Morgan fingerprint density at radius 1 is 1.30 bits per heavy atom. The van der Waals surface area contributed by atoms with E-state index in [1.165, 1.54) is 31.2 Å². The van der Waals surface area contributed by atoms with E-state index in [-0.39, 0.29) is 0 Å². The first-order valence-corrected chi connectivity index (χ1v) is 8.48. The molecule has 0 saturated heterocycles. The summed E-state index contributed by atoms with van der Waals surface area (Å²) < 4.78 is 6.29. The van der Waals surface area contributed by atoms with Crippen molar-refractivity contribution in [2.75, 3.05) is 13.7 Å². The van der Waals surface area contributed by atoms with Gasteiger partial charge in [-0.3, -0.25) is 0 Å². The number of hydrogen-bond acceptors (Lipinski definition) is 2. The van der Waals surface area contributed by atoms with Gasteiger partial charge in [0.25, 0.3) is 0 Å². The molecule has 2 atom stereocenters. The summed E-state index contributed by atoms with van der Waals surface area (Å²) in [5.41, 5.74) is 1.29. The molecule has 0 bridgehead atoms. The summed E-state index contributed by atoms with van der Waals surface area (Å²) in [6.07, 6.45) is 5.21. The highest BCUT2D eigenvalue weighted by atomic mass is 79.9. The minimum atomic E-state index is 0.368. The van der Waals surface area contributed by atoms with E-state index in [1.54, 1.807) is 7.11 Å². The summed E-state index contributed by atoms with van der Waals surface area (Å²) in [7, 11) is 1.70. The summed E-state index contributed by atoms with van der Waals surface area (Å²) in [6.45, 7) is 7.87. The molecule has 0 radical (unpaired) electrons. The fourth-order valence-electron chi connectivity index (χ4n) is 2.36. The molecular formula is C17H28BrNO. The van der Waals surface area contributed by atoms with Gasteiger partial charge in [0.2, 0.25) is 0 Å². The molecule has 0 amide bonds. The molecule has 0 saturated carbocycles. The summed E-state index contributed by atoms with van der Waals surface area (Å²) >= 11 is 3.55. The average Bonchev–Trinajstić information content (AvgIpc) is 2.47. The molecule has 1 aromatic rings. The van der Waals surface area contributed by atoms with Crippen molar-refractivity contribution in [3.05, 3.63) is 28.2 Å². The minimum Gasteiger partial charge on any atom is -0.496 e. The summed E-state index contributed by atoms with van der Waals surface area (Å²) in [6, 6.07) is 6.66. The van der Waals surface area contributed by atoms with Crippen molar-refractivity contribution in [3.8, 4) is 5.75 Å². The first kappa shape index (κ1) is 17.5. The van der Waals surface area contributed by atoms with Crippen molar-refractivity contribution >= 4 is 15.9 Å². The zero-order chi connectivity index (χ0) is 15.0. The predicted octanol–water partition coefficient (Wildman–Crippen LogP) is 5.32. The molecular weight excluding hydrogens is 314 g/mol. The van der Waals surface area contributed by atoms with Crippen LogP contribution in [0.2, 0.25) is 0 Å². The molecule has 3 heteroatoms. The van der Waals surface area contributed by atoms with Crippen LogP contribution in [-0.4, -0.2) is 13.7 Å². The Balaban J connectivity index is 2.53. The van der Waals surface area contributed by atoms with Crippen molar-refractivity contribution in [3.63, 3.8) is 0 Å². The van der Waals surface area contributed by atoms with E-state index in [0.717, 1.165) is 22.7 Å². The van der Waals surface area contributed by atoms with Gasteiger partial charge in [0.15, 0.2) is 0 Å². The van der Waals surface area contributed by atoms with Gasteiger partial charge in [0.1, 0.15) is 5.75 Å². The topological polar surface area (TPSA) is 21.3 Å². The van der Waals surface area contributed by atoms with Gasteiger partial charge in [-0.2, -0.15) is 0 Å². The number of hydrogen-bond donors (Lipinski definition) is 1. The number of ether oxygens (including phenoxy) is 1. The maximum Gasteiger partial charge on any atom is 0.133 e. The van der Waals surface area contributed by atoms with E-state index in [1.807, 2.05) is 6.07 Å². The second-order valence-corrected chi connectivity index (χ2v) is 6.29. The molecule has 1 N–H and O–H groups in total. The molecule has 0 aliphatic heterocycles. The highest BCUT2D eigenvalue weighted by Gasteiger charge is 2.11. The van der Waals surface area contributed by atoms with Crippen LogP contribution in [0.5, 0.6) is 5.75 Å². The van der Waals surface area contributed by atoms with Crippen molar-refractivity contribution in [2.45, 2.75) is 52.5 Å². The van der Waals surface area contributed by atoms with Gasteiger partial charge in [-0.05, 0) is 59.4 Å². The standard InChI is InChI=1S/C17H28BrNO/c1-5-7-8-14(6-2)12-19-13(3)15-9-10-17(20-4)16(18)11-15/h9-11,13-14,19H,5-8,12H2,1-4H3. The van der Waals surface area contributed by atoms with Gasteiger partial charge >= 0.3 is 0 Å². The molecule has 0 fully saturated rings. The summed E-state index contributed by atoms with van der Waals surface area (Å²) in [4.78, 5) is 0. The van der Waals surface area contributed by atoms with Crippen LogP contribution in [0.25, 0.3) is 0 Å². The van der Waals surface area contributed by atoms with E-state index in [4.69, 9.17) is 4.74 Å². The molecule has 0 heterocycles. The molecule has 1 rings (SSSR count). The summed E-state index contributed by atoms with van der Waals surface area (Å²) in [5, 5.41) is 3.66. The van der Waals surface area contributed by atoms with Gasteiger partial charge < -0.3 is 10.1 Å². The molecule has 0 aliphatic rings. The maximum atomic E-state index is 5.27. The highest BCUT2D eigenvalue weighted by molar-refractivity contribution is 9.10. The number of unbranched alkanes of at least 4 members (excludes halogenated alkanes) is 1. The fraction of sp³-hybridized carbons (Fsp3) is 0.647. The second kappa shape index (κ2) is 9.41. The van der Waals surface area contributed by atoms with Crippen LogP contribution in [0.15, 0.2) is 22.7 Å². The Kier molecular flexibility index (Phi) is 8.24. The van der Waals surface area contributed by atoms with E-state index >= 15 is 0 Å². The predicted molar refractivity (Wildman–Crippen MR) is 90.4 cm³/mol. The van der Waals surface area contributed by atoms with E-state index in [0.29, 0.717) is 6.04 Å². The largest absolute Gasteiger partial charge is 0.496 e. The number of rotatable bonds is 9. The average molecular weight is 342 g/mol. The summed E-state index contributed by atoms with van der Waals surface area (Å²) in [5.74, 6) is 1.68. The van der Waals surface area contributed by atoms with Crippen molar-refractivity contribution in [2.24, 2.45) is 5.92 Å². The highest BCUT2D eigenvalue weighted by Crippen LogP contribution is 2.28. The van der Waals surface area contributed by atoms with Crippen molar-refractivity contribution in [1.29, 1.82) is 0 Å². The SMILES string of the molecule is CCCCC(CC)CNC(C)c1ccc(OC)c(Br)c1. The fourth-order valence-corrected chi connectivity index (χ4v) is 2.91. The van der Waals surface area contributed by atoms with E-state index in [9.17, 15) is 0 Å². The van der Waals surface area contributed by atoms with Crippen LogP contribution in [0, 0.1) is 5.92 Å². The van der Waals surface area contributed by atoms with Crippen LogP contribution in [0.1, 0.15) is 58.1 Å². The molecule has 0 spiro atoms.